The molecule has 9 heteroatoms. The van der Waals surface area contributed by atoms with E-state index in [1.54, 1.807) is 6.33 Å². The lowest BCUT2D eigenvalue weighted by molar-refractivity contribution is 0.129. The molecule has 330 valence electrons. The molecule has 70 heavy (non-hydrogen) atoms. The van der Waals surface area contributed by atoms with Gasteiger partial charge >= 0.3 is 0 Å². The normalized spacial score (nSPS) is 14.0. The molecule has 1 atom stereocenters. The molecule has 0 N–H and O–H groups in total. The lowest BCUT2D eigenvalue weighted by atomic mass is 9.80. The molecule has 0 bridgehead atoms. The molecule has 12 aromatic rings. The highest BCUT2D eigenvalue weighted by molar-refractivity contribution is 5.90. The molecule has 0 aliphatic carbocycles. The van der Waals surface area contributed by atoms with Gasteiger partial charge in [0.25, 0.3) is 0 Å². The molecule has 0 fully saturated rings. The summed E-state index contributed by atoms with van der Waals surface area (Å²) in [5.74, 6) is 3.89. The van der Waals surface area contributed by atoms with E-state index in [0.29, 0.717) is 35.1 Å². The fourth-order valence-corrected chi connectivity index (χ4v) is 9.60. The standard InChI is InChI=1S/C61H40N8O/c1-61(46-23-9-4-10-24-46)51-26-14-13-25-47(51)48-33-31-43(37-54(48)70-61)50-36-45(32-34-49(50)59-65-55(40-18-5-2-6-19-40)63-56(66-59)41-20-7-3-8-21-41)58-64-57(44-30-29-39-17-11-12-22-42(39)35-44)67-60(68-58)69-38-62-52-27-15-16-28-53(52)69/h2-38H,1H3. The van der Waals surface area contributed by atoms with E-state index in [2.05, 4.69) is 116 Å². The van der Waals surface area contributed by atoms with Crippen LogP contribution < -0.4 is 4.74 Å². The molecule has 9 nitrogen and oxygen atoms in total. The van der Waals surface area contributed by atoms with Crippen LogP contribution in [0.3, 0.4) is 0 Å². The number of para-hydroxylation sites is 2. The van der Waals surface area contributed by atoms with Gasteiger partial charge in [-0.1, -0.05) is 182 Å². The molecule has 0 saturated carbocycles. The quantitative estimate of drug-likeness (QED) is 0.148. The van der Waals surface area contributed by atoms with Crippen LogP contribution in [0, 0.1) is 0 Å². The van der Waals surface area contributed by atoms with Crippen LogP contribution in [0.15, 0.2) is 225 Å². The second-order valence-electron chi connectivity index (χ2n) is 17.5. The van der Waals surface area contributed by atoms with Crippen molar-refractivity contribution in [3.63, 3.8) is 0 Å². The molecular formula is C61H40N8O. The van der Waals surface area contributed by atoms with E-state index in [1.165, 1.54) is 0 Å². The van der Waals surface area contributed by atoms with Crippen molar-refractivity contribution in [3.8, 4) is 90.9 Å². The molecule has 0 saturated heterocycles. The highest BCUT2D eigenvalue weighted by atomic mass is 16.5. The SMILES string of the molecule is CC1(c2ccccc2)Oc2cc(-c3cc(-c4nc(-c5ccc6ccccc6c5)nc(-n5cnc6ccccc65)n4)ccc3-c3nc(-c4ccccc4)nc(-c4ccccc4)n3)ccc2-c2ccccc21. The topological polar surface area (TPSA) is 104 Å². The van der Waals surface area contributed by atoms with Crippen LogP contribution in [-0.2, 0) is 5.60 Å². The lowest BCUT2D eigenvalue weighted by Crippen LogP contribution is -2.34. The van der Waals surface area contributed by atoms with Crippen molar-refractivity contribution in [2.24, 2.45) is 0 Å². The molecule has 0 radical (unpaired) electrons. The van der Waals surface area contributed by atoms with E-state index in [4.69, 9.17) is 39.6 Å². The number of benzene rings is 9. The third kappa shape index (κ3) is 7.16. The summed E-state index contributed by atoms with van der Waals surface area (Å²) >= 11 is 0. The van der Waals surface area contributed by atoms with Gasteiger partial charge in [-0.2, -0.15) is 9.97 Å². The Morgan fingerprint density at radius 3 is 1.69 bits per heavy atom. The average molecular weight is 901 g/mol. The fraction of sp³-hybridized carbons (Fsp3) is 0.0328. The molecule has 1 aliphatic rings. The third-order valence-electron chi connectivity index (χ3n) is 13.2. The van der Waals surface area contributed by atoms with Crippen LogP contribution in [0.1, 0.15) is 18.1 Å². The van der Waals surface area contributed by atoms with Crippen LogP contribution >= 0.6 is 0 Å². The maximum Gasteiger partial charge on any atom is 0.239 e. The highest BCUT2D eigenvalue weighted by Gasteiger charge is 2.38. The van der Waals surface area contributed by atoms with E-state index < -0.39 is 5.60 Å². The van der Waals surface area contributed by atoms with Crippen LogP contribution in [-0.4, -0.2) is 39.5 Å². The Morgan fingerprint density at radius 2 is 0.943 bits per heavy atom. The second kappa shape index (κ2) is 16.7. The summed E-state index contributed by atoms with van der Waals surface area (Å²) in [5.41, 5.74) is 11.2. The Balaban J connectivity index is 1.04. The second-order valence-corrected chi connectivity index (χ2v) is 17.5. The summed E-state index contributed by atoms with van der Waals surface area (Å²) in [6.45, 7) is 2.15. The number of nitrogens with zero attached hydrogens (tertiary/aromatic N) is 8. The first-order valence-corrected chi connectivity index (χ1v) is 23.2. The Labute approximate surface area is 403 Å². The van der Waals surface area contributed by atoms with Crippen molar-refractivity contribution in [1.82, 2.24) is 39.5 Å². The van der Waals surface area contributed by atoms with Crippen LogP contribution in [0.4, 0.5) is 0 Å². The van der Waals surface area contributed by atoms with Gasteiger partial charge in [0, 0.05) is 38.9 Å². The minimum atomic E-state index is -0.754. The summed E-state index contributed by atoms with van der Waals surface area (Å²) in [4.78, 5) is 35.7. The summed E-state index contributed by atoms with van der Waals surface area (Å²) < 4.78 is 9.13. The van der Waals surface area contributed by atoms with Crippen LogP contribution in [0.25, 0.3) is 107 Å². The number of fused-ring (bicyclic) bond motifs is 5. The maximum atomic E-state index is 7.21. The summed E-state index contributed by atoms with van der Waals surface area (Å²) in [7, 11) is 0. The largest absolute Gasteiger partial charge is 0.477 e. The molecule has 1 unspecified atom stereocenters. The Morgan fingerprint density at radius 1 is 0.386 bits per heavy atom. The van der Waals surface area contributed by atoms with Crippen LogP contribution in [0.2, 0.25) is 0 Å². The number of rotatable bonds is 8. The predicted molar refractivity (Wildman–Crippen MR) is 277 cm³/mol. The minimum Gasteiger partial charge on any atom is -0.477 e. The number of hydrogen-bond donors (Lipinski definition) is 0. The number of imidazole rings is 1. The Hall–Kier alpha value is -9.47. The number of aromatic nitrogens is 8. The van der Waals surface area contributed by atoms with Crippen LogP contribution in [0.5, 0.6) is 5.75 Å². The average Bonchev–Trinajstić information content (AvgIpc) is 3.88. The minimum absolute atomic E-state index is 0.450. The smallest absolute Gasteiger partial charge is 0.239 e. The lowest BCUT2D eigenvalue weighted by Gasteiger charge is -2.38. The first-order chi connectivity index (χ1) is 34.5. The van der Waals surface area contributed by atoms with E-state index in [1.807, 2.05) is 114 Å². The van der Waals surface area contributed by atoms with Gasteiger partial charge in [0.2, 0.25) is 5.95 Å². The van der Waals surface area contributed by atoms with Gasteiger partial charge in [0.05, 0.1) is 11.0 Å². The van der Waals surface area contributed by atoms with Gasteiger partial charge in [-0.15, -0.1) is 0 Å². The first kappa shape index (κ1) is 40.8. The fourth-order valence-electron chi connectivity index (χ4n) is 9.60. The zero-order valence-corrected chi connectivity index (χ0v) is 37.8. The molecular weight excluding hydrogens is 861 g/mol. The highest BCUT2D eigenvalue weighted by Crippen LogP contribution is 2.50. The zero-order chi connectivity index (χ0) is 46.6. The maximum absolute atomic E-state index is 7.21. The van der Waals surface area contributed by atoms with Gasteiger partial charge in [-0.3, -0.25) is 4.57 Å². The molecule has 9 aromatic carbocycles. The molecule has 13 rings (SSSR count). The number of hydrogen-bond acceptors (Lipinski definition) is 8. The Kier molecular flexibility index (Phi) is 9.72. The van der Waals surface area contributed by atoms with Gasteiger partial charge in [0.15, 0.2) is 34.7 Å². The summed E-state index contributed by atoms with van der Waals surface area (Å²) in [6.07, 6.45) is 1.77. The summed E-state index contributed by atoms with van der Waals surface area (Å²) in [5, 5.41) is 2.22. The van der Waals surface area contributed by atoms with Crippen molar-refractivity contribution < 1.29 is 4.74 Å². The molecule has 4 heterocycles. The van der Waals surface area contributed by atoms with Crippen molar-refractivity contribution in [2.75, 3.05) is 0 Å². The first-order valence-electron chi connectivity index (χ1n) is 23.2. The zero-order valence-electron chi connectivity index (χ0n) is 37.8. The van der Waals surface area contributed by atoms with Crippen molar-refractivity contribution in [3.05, 3.63) is 236 Å². The van der Waals surface area contributed by atoms with Crippen molar-refractivity contribution >= 4 is 21.8 Å². The van der Waals surface area contributed by atoms with Crippen molar-refractivity contribution in [2.45, 2.75) is 12.5 Å². The molecule has 0 spiro atoms. The van der Waals surface area contributed by atoms with E-state index >= 15 is 0 Å². The molecule has 3 aromatic heterocycles. The molecule has 0 amide bonds. The monoisotopic (exact) mass is 900 g/mol. The molecule has 1 aliphatic heterocycles. The summed E-state index contributed by atoms with van der Waals surface area (Å²) in [6, 6.07) is 74.3. The van der Waals surface area contributed by atoms with Gasteiger partial charge in [0.1, 0.15) is 12.1 Å². The van der Waals surface area contributed by atoms with E-state index in [-0.39, 0.29) is 0 Å². The van der Waals surface area contributed by atoms with Gasteiger partial charge < -0.3 is 4.74 Å². The number of ether oxygens (including phenoxy) is 1. The Bertz CT molecular complexity index is 3890. The predicted octanol–water partition coefficient (Wildman–Crippen LogP) is 13.9. The van der Waals surface area contributed by atoms with Gasteiger partial charge in [-0.25, -0.2) is 24.9 Å². The van der Waals surface area contributed by atoms with E-state index in [9.17, 15) is 0 Å². The van der Waals surface area contributed by atoms with Crippen molar-refractivity contribution in [1.29, 1.82) is 0 Å². The van der Waals surface area contributed by atoms with Gasteiger partial charge in [-0.05, 0) is 76.3 Å². The van der Waals surface area contributed by atoms with E-state index in [0.717, 1.165) is 88.8 Å². The third-order valence-corrected chi connectivity index (χ3v) is 13.2.